The van der Waals surface area contributed by atoms with Crippen molar-refractivity contribution in [1.29, 1.82) is 0 Å². The molecule has 0 aliphatic carbocycles. The lowest BCUT2D eigenvalue weighted by molar-refractivity contribution is -0.385. The van der Waals surface area contributed by atoms with Gasteiger partial charge in [0.05, 0.1) is 23.6 Å². The smallest absolute Gasteiger partial charge is 0.270 e. The van der Waals surface area contributed by atoms with Gasteiger partial charge in [0.25, 0.3) is 5.69 Å². The molecule has 0 bridgehead atoms. The van der Waals surface area contributed by atoms with E-state index in [2.05, 4.69) is 0 Å². The van der Waals surface area contributed by atoms with Crippen molar-refractivity contribution in [2.45, 2.75) is 20.0 Å². The van der Waals surface area contributed by atoms with Crippen molar-refractivity contribution >= 4 is 11.6 Å². The van der Waals surface area contributed by atoms with Crippen molar-refractivity contribution in [1.82, 2.24) is 0 Å². The third-order valence-electron chi connectivity index (χ3n) is 2.63. The van der Waals surface area contributed by atoms with Gasteiger partial charge >= 0.3 is 0 Å². The molecule has 0 heterocycles. The SMILES string of the molecule is CC(COc1ccc([N+](=O)[O-])cc1C(C)O)C(N)=O. The second kappa shape index (κ2) is 6.14. The number of hydrogen-bond donors (Lipinski definition) is 2. The highest BCUT2D eigenvalue weighted by Gasteiger charge is 2.17. The number of benzene rings is 1. The van der Waals surface area contributed by atoms with Gasteiger partial charge in [-0.2, -0.15) is 0 Å². The van der Waals surface area contributed by atoms with Crippen LogP contribution < -0.4 is 10.5 Å². The third-order valence-corrected chi connectivity index (χ3v) is 2.63. The van der Waals surface area contributed by atoms with Crippen molar-refractivity contribution in [2.75, 3.05) is 6.61 Å². The standard InChI is InChI=1S/C12H16N2O5/c1-7(12(13)16)6-19-11-4-3-9(14(17)18)5-10(11)8(2)15/h3-5,7-8,15H,6H2,1-2H3,(H2,13,16). The lowest BCUT2D eigenvalue weighted by Crippen LogP contribution is -2.26. The van der Waals surface area contributed by atoms with E-state index in [1.54, 1.807) is 6.92 Å². The van der Waals surface area contributed by atoms with Crippen LogP contribution in [0.3, 0.4) is 0 Å². The first-order valence-corrected chi connectivity index (χ1v) is 5.71. The minimum atomic E-state index is -0.918. The quantitative estimate of drug-likeness (QED) is 0.593. The summed E-state index contributed by atoms with van der Waals surface area (Å²) in [5.41, 5.74) is 5.27. The molecule has 2 unspecified atom stereocenters. The van der Waals surface area contributed by atoms with E-state index in [9.17, 15) is 20.0 Å². The zero-order chi connectivity index (χ0) is 14.6. The van der Waals surface area contributed by atoms with E-state index in [1.165, 1.54) is 25.1 Å². The molecule has 104 valence electrons. The van der Waals surface area contributed by atoms with Crippen LogP contribution in [0.2, 0.25) is 0 Å². The van der Waals surface area contributed by atoms with Crippen LogP contribution in [0.15, 0.2) is 18.2 Å². The molecule has 19 heavy (non-hydrogen) atoms. The molecule has 0 saturated carbocycles. The van der Waals surface area contributed by atoms with Gasteiger partial charge in [0.15, 0.2) is 0 Å². The number of nitrogens with two attached hydrogens (primary N) is 1. The Hall–Kier alpha value is -2.15. The van der Waals surface area contributed by atoms with Crippen molar-refractivity contribution in [3.05, 3.63) is 33.9 Å². The van der Waals surface area contributed by atoms with Crippen LogP contribution in [-0.4, -0.2) is 22.5 Å². The molecule has 0 spiro atoms. The third kappa shape index (κ3) is 3.92. The lowest BCUT2D eigenvalue weighted by Gasteiger charge is -2.15. The van der Waals surface area contributed by atoms with Crippen LogP contribution in [-0.2, 0) is 4.79 Å². The molecule has 0 fully saturated rings. The highest BCUT2D eigenvalue weighted by molar-refractivity contribution is 5.76. The van der Waals surface area contributed by atoms with Gasteiger partial charge in [-0.1, -0.05) is 6.92 Å². The molecule has 7 heteroatoms. The molecule has 0 radical (unpaired) electrons. The largest absolute Gasteiger partial charge is 0.492 e. The maximum absolute atomic E-state index is 10.9. The predicted octanol–water partition coefficient (Wildman–Crippen LogP) is 1.15. The number of rotatable bonds is 6. The zero-order valence-electron chi connectivity index (χ0n) is 10.7. The summed E-state index contributed by atoms with van der Waals surface area (Å²) in [6, 6.07) is 3.92. The number of carbonyl (C=O) groups excluding carboxylic acids is 1. The van der Waals surface area contributed by atoms with E-state index in [0.29, 0.717) is 11.3 Å². The number of non-ortho nitro benzene ring substituents is 1. The number of primary amides is 1. The molecule has 1 aromatic carbocycles. The van der Waals surface area contributed by atoms with Crippen LogP contribution in [0.5, 0.6) is 5.75 Å². The van der Waals surface area contributed by atoms with E-state index < -0.39 is 22.9 Å². The molecule has 0 aromatic heterocycles. The average molecular weight is 268 g/mol. The molecule has 1 rings (SSSR count). The maximum Gasteiger partial charge on any atom is 0.270 e. The Morgan fingerprint density at radius 2 is 2.16 bits per heavy atom. The second-order valence-electron chi connectivity index (χ2n) is 4.27. The fourth-order valence-corrected chi connectivity index (χ4v) is 1.40. The Bertz CT molecular complexity index is 487. The predicted molar refractivity (Wildman–Crippen MR) is 67.6 cm³/mol. The van der Waals surface area contributed by atoms with Gasteiger partial charge in [-0.3, -0.25) is 14.9 Å². The van der Waals surface area contributed by atoms with Gasteiger partial charge in [-0.15, -0.1) is 0 Å². The number of carbonyl (C=O) groups is 1. The van der Waals surface area contributed by atoms with Crippen LogP contribution in [0, 0.1) is 16.0 Å². The van der Waals surface area contributed by atoms with Gasteiger partial charge in [-0.25, -0.2) is 0 Å². The number of nitrogens with zero attached hydrogens (tertiary/aromatic N) is 1. The van der Waals surface area contributed by atoms with E-state index in [4.69, 9.17) is 10.5 Å². The van der Waals surface area contributed by atoms with Crippen molar-refractivity contribution in [2.24, 2.45) is 11.7 Å². The van der Waals surface area contributed by atoms with E-state index >= 15 is 0 Å². The van der Waals surface area contributed by atoms with Crippen LogP contribution in [0.25, 0.3) is 0 Å². The summed E-state index contributed by atoms with van der Waals surface area (Å²) in [6.07, 6.45) is -0.918. The number of nitro benzene ring substituents is 1. The highest BCUT2D eigenvalue weighted by atomic mass is 16.6. The fraction of sp³-hybridized carbons (Fsp3) is 0.417. The zero-order valence-corrected chi connectivity index (χ0v) is 10.7. The van der Waals surface area contributed by atoms with Gasteiger partial charge in [0.1, 0.15) is 5.75 Å². The number of aliphatic hydroxyl groups is 1. The van der Waals surface area contributed by atoms with Gasteiger partial charge < -0.3 is 15.6 Å². The molecule has 0 aliphatic heterocycles. The van der Waals surface area contributed by atoms with Crippen LogP contribution in [0.4, 0.5) is 5.69 Å². The fourth-order valence-electron chi connectivity index (χ4n) is 1.40. The molecule has 0 saturated heterocycles. The van der Waals surface area contributed by atoms with Crippen LogP contribution >= 0.6 is 0 Å². The number of hydrogen-bond acceptors (Lipinski definition) is 5. The van der Waals surface area contributed by atoms with E-state index in [-0.39, 0.29) is 12.3 Å². The molecule has 3 N–H and O–H groups in total. The molecular formula is C12H16N2O5. The first kappa shape index (κ1) is 14.9. The van der Waals surface area contributed by atoms with E-state index in [1.807, 2.05) is 0 Å². The number of ether oxygens (including phenoxy) is 1. The van der Waals surface area contributed by atoms with Crippen molar-refractivity contribution in [3.8, 4) is 5.75 Å². The summed E-state index contributed by atoms with van der Waals surface area (Å²) < 4.78 is 5.37. The molecule has 1 aromatic rings. The first-order chi connectivity index (χ1) is 8.82. The minimum Gasteiger partial charge on any atom is -0.492 e. The molecular weight excluding hydrogens is 252 g/mol. The highest BCUT2D eigenvalue weighted by Crippen LogP contribution is 2.29. The Kier molecular flexibility index (Phi) is 4.82. The Balaban J connectivity index is 2.94. The molecule has 7 nitrogen and oxygen atoms in total. The lowest BCUT2D eigenvalue weighted by atomic mass is 10.1. The van der Waals surface area contributed by atoms with Gasteiger partial charge in [-0.05, 0) is 13.0 Å². The average Bonchev–Trinajstić information content (AvgIpc) is 2.35. The number of nitro groups is 1. The topological polar surface area (TPSA) is 116 Å². The molecule has 2 atom stereocenters. The van der Waals surface area contributed by atoms with Crippen molar-refractivity contribution in [3.63, 3.8) is 0 Å². The van der Waals surface area contributed by atoms with Crippen LogP contribution in [0.1, 0.15) is 25.5 Å². The van der Waals surface area contributed by atoms with Gasteiger partial charge in [0.2, 0.25) is 5.91 Å². The molecule has 1 amide bonds. The summed E-state index contributed by atoms with van der Waals surface area (Å²) in [5.74, 6) is -0.689. The first-order valence-electron chi connectivity index (χ1n) is 5.71. The summed E-state index contributed by atoms with van der Waals surface area (Å²) in [6.45, 7) is 3.13. The minimum absolute atomic E-state index is 0.0485. The normalized spacial score (nSPS) is 13.6. The summed E-state index contributed by atoms with van der Waals surface area (Å²) in [5, 5.41) is 20.3. The molecule has 0 aliphatic rings. The monoisotopic (exact) mass is 268 g/mol. The number of aliphatic hydroxyl groups excluding tert-OH is 1. The maximum atomic E-state index is 10.9. The van der Waals surface area contributed by atoms with Crippen molar-refractivity contribution < 1.29 is 19.6 Å². The Morgan fingerprint density at radius 3 is 2.63 bits per heavy atom. The summed E-state index contributed by atoms with van der Waals surface area (Å²) in [7, 11) is 0. The summed E-state index contributed by atoms with van der Waals surface area (Å²) >= 11 is 0. The van der Waals surface area contributed by atoms with E-state index in [0.717, 1.165) is 0 Å². The Morgan fingerprint density at radius 1 is 1.53 bits per heavy atom. The van der Waals surface area contributed by atoms with Gasteiger partial charge in [0, 0.05) is 17.7 Å². The summed E-state index contributed by atoms with van der Waals surface area (Å²) in [4.78, 5) is 21.0. The Labute approximate surface area is 110 Å². The number of amides is 1. The second-order valence-corrected chi connectivity index (χ2v) is 4.27.